The van der Waals surface area contributed by atoms with Crippen LogP contribution in [0.1, 0.15) is 76.9 Å². The van der Waals surface area contributed by atoms with E-state index >= 15 is 0 Å². The first-order valence-electron chi connectivity index (χ1n) is 8.81. The van der Waals surface area contributed by atoms with Crippen LogP contribution in [0.4, 0.5) is 18.9 Å². The second-order valence-electron chi connectivity index (χ2n) is 7.17. The summed E-state index contributed by atoms with van der Waals surface area (Å²) in [6.07, 6.45) is -4.65. The number of carbonyl (C=O) groups excluding carboxylic acids is 1. The Labute approximate surface area is 161 Å². The van der Waals surface area contributed by atoms with Crippen molar-refractivity contribution in [1.29, 1.82) is 0 Å². The molecule has 2 aromatic carbocycles. The number of aromatic carboxylic acids is 1. The zero-order chi connectivity index (χ0) is 21.2. The van der Waals surface area contributed by atoms with Crippen molar-refractivity contribution in [3.63, 3.8) is 0 Å². The molecule has 0 aliphatic heterocycles. The van der Waals surface area contributed by atoms with Crippen molar-refractivity contribution in [1.82, 2.24) is 0 Å². The number of alkyl halides is 3. The highest BCUT2D eigenvalue weighted by Crippen LogP contribution is 2.33. The van der Waals surface area contributed by atoms with Gasteiger partial charge < -0.3 is 10.4 Å². The van der Waals surface area contributed by atoms with Gasteiger partial charge in [-0.1, -0.05) is 39.8 Å². The summed E-state index contributed by atoms with van der Waals surface area (Å²) >= 11 is 0. The van der Waals surface area contributed by atoms with Crippen LogP contribution in [0.15, 0.2) is 36.4 Å². The Morgan fingerprint density at radius 1 is 0.929 bits per heavy atom. The minimum absolute atomic E-state index is 0.0000892. The lowest BCUT2D eigenvalue weighted by atomic mass is 9.91. The molecule has 0 heterocycles. The standard InChI is InChI=1S/C21H22F3NO3/c1-11(2)13-5-7-15(17(9-13)12(3)4)19(26)25-18-10-14(21(22,23)24)6-8-16(18)20(27)28/h5-12H,1-4H3,(H,25,26)(H,27,28). The van der Waals surface area contributed by atoms with Gasteiger partial charge in [-0.15, -0.1) is 0 Å². The number of amides is 1. The Morgan fingerprint density at radius 2 is 1.54 bits per heavy atom. The van der Waals surface area contributed by atoms with E-state index in [9.17, 15) is 27.9 Å². The molecule has 2 aromatic rings. The lowest BCUT2D eigenvalue weighted by Gasteiger charge is -2.17. The molecule has 2 rings (SSSR count). The monoisotopic (exact) mass is 393 g/mol. The van der Waals surface area contributed by atoms with Crippen LogP contribution < -0.4 is 5.32 Å². The number of nitrogens with one attached hydrogen (secondary N) is 1. The number of halogens is 3. The van der Waals surface area contributed by atoms with Crippen molar-refractivity contribution in [2.24, 2.45) is 0 Å². The first kappa shape index (κ1) is 21.5. The van der Waals surface area contributed by atoms with Crippen molar-refractivity contribution in [2.45, 2.75) is 45.7 Å². The normalized spacial score (nSPS) is 11.8. The number of benzene rings is 2. The van der Waals surface area contributed by atoms with Gasteiger partial charge >= 0.3 is 12.1 Å². The van der Waals surface area contributed by atoms with Crippen LogP contribution in [-0.4, -0.2) is 17.0 Å². The lowest BCUT2D eigenvalue weighted by molar-refractivity contribution is -0.137. The zero-order valence-corrected chi connectivity index (χ0v) is 16.0. The molecule has 0 saturated carbocycles. The molecule has 4 nitrogen and oxygen atoms in total. The van der Waals surface area contributed by atoms with E-state index in [1.165, 1.54) is 0 Å². The number of carbonyl (C=O) groups is 2. The summed E-state index contributed by atoms with van der Waals surface area (Å²) in [4.78, 5) is 24.1. The molecule has 0 aromatic heterocycles. The van der Waals surface area contributed by atoms with Crippen LogP contribution >= 0.6 is 0 Å². The second kappa shape index (κ2) is 8.04. The molecule has 0 aliphatic rings. The van der Waals surface area contributed by atoms with E-state index < -0.39 is 34.9 Å². The van der Waals surface area contributed by atoms with Crippen molar-refractivity contribution in [2.75, 3.05) is 5.32 Å². The summed E-state index contributed by atoms with van der Waals surface area (Å²) in [7, 11) is 0. The number of carboxylic acids is 1. The van der Waals surface area contributed by atoms with E-state index in [0.29, 0.717) is 17.7 Å². The first-order chi connectivity index (χ1) is 12.9. The third-order valence-electron chi connectivity index (χ3n) is 4.43. The minimum Gasteiger partial charge on any atom is -0.478 e. The van der Waals surface area contributed by atoms with Crippen LogP contribution in [0.2, 0.25) is 0 Å². The summed E-state index contributed by atoms with van der Waals surface area (Å²) in [5.74, 6) is -1.83. The van der Waals surface area contributed by atoms with Crippen LogP contribution in [0.25, 0.3) is 0 Å². The molecule has 1 amide bonds. The van der Waals surface area contributed by atoms with Crippen LogP contribution in [0.5, 0.6) is 0 Å². The van der Waals surface area contributed by atoms with Gasteiger partial charge in [0.1, 0.15) is 0 Å². The van der Waals surface area contributed by atoms with E-state index in [0.717, 1.165) is 17.2 Å². The molecule has 0 spiro atoms. The van der Waals surface area contributed by atoms with Gasteiger partial charge in [0.2, 0.25) is 0 Å². The van der Waals surface area contributed by atoms with E-state index in [1.54, 1.807) is 12.1 Å². The molecule has 2 N–H and O–H groups in total. The predicted octanol–water partition coefficient (Wildman–Crippen LogP) is 5.90. The molecular formula is C21H22F3NO3. The van der Waals surface area contributed by atoms with Gasteiger partial charge in [-0.05, 0) is 47.2 Å². The molecule has 0 bridgehead atoms. The third kappa shape index (κ3) is 4.71. The average molecular weight is 393 g/mol. The van der Waals surface area contributed by atoms with Gasteiger partial charge in [0.15, 0.2) is 0 Å². The van der Waals surface area contributed by atoms with Gasteiger partial charge in [0, 0.05) is 5.56 Å². The van der Waals surface area contributed by atoms with E-state index in [-0.39, 0.29) is 11.8 Å². The average Bonchev–Trinajstić information content (AvgIpc) is 2.59. The van der Waals surface area contributed by atoms with E-state index in [4.69, 9.17) is 0 Å². The molecule has 0 aliphatic carbocycles. The minimum atomic E-state index is -4.65. The predicted molar refractivity (Wildman–Crippen MR) is 101 cm³/mol. The largest absolute Gasteiger partial charge is 0.478 e. The van der Waals surface area contributed by atoms with E-state index in [2.05, 4.69) is 5.32 Å². The summed E-state index contributed by atoms with van der Waals surface area (Å²) in [6.45, 7) is 7.84. The highest BCUT2D eigenvalue weighted by atomic mass is 19.4. The maximum absolute atomic E-state index is 13.0. The van der Waals surface area contributed by atoms with Gasteiger partial charge in [-0.2, -0.15) is 13.2 Å². The molecule has 0 radical (unpaired) electrons. The lowest BCUT2D eigenvalue weighted by Crippen LogP contribution is -2.18. The highest BCUT2D eigenvalue weighted by molar-refractivity contribution is 6.08. The summed E-state index contributed by atoms with van der Waals surface area (Å²) in [5.41, 5.74) is 0.236. The Balaban J connectivity index is 2.48. The smallest absolute Gasteiger partial charge is 0.416 e. The van der Waals surface area contributed by atoms with Crippen LogP contribution in [0, 0.1) is 0 Å². The van der Waals surface area contributed by atoms with Crippen LogP contribution in [0.3, 0.4) is 0 Å². The summed E-state index contributed by atoms with van der Waals surface area (Å²) in [5, 5.41) is 11.6. The maximum atomic E-state index is 13.0. The zero-order valence-electron chi connectivity index (χ0n) is 16.0. The van der Waals surface area contributed by atoms with Crippen molar-refractivity contribution >= 4 is 17.6 Å². The van der Waals surface area contributed by atoms with Gasteiger partial charge in [0.25, 0.3) is 5.91 Å². The van der Waals surface area contributed by atoms with E-state index in [1.807, 2.05) is 33.8 Å². The molecule has 0 unspecified atom stereocenters. The molecule has 150 valence electrons. The Kier molecular flexibility index (Phi) is 6.17. The molecule has 0 saturated heterocycles. The Bertz CT molecular complexity index is 902. The maximum Gasteiger partial charge on any atom is 0.416 e. The Hall–Kier alpha value is -2.83. The van der Waals surface area contributed by atoms with Crippen molar-refractivity contribution in [3.05, 3.63) is 64.2 Å². The van der Waals surface area contributed by atoms with Gasteiger partial charge in [-0.25, -0.2) is 4.79 Å². The molecular weight excluding hydrogens is 371 g/mol. The number of hydrogen-bond acceptors (Lipinski definition) is 2. The van der Waals surface area contributed by atoms with Crippen LogP contribution in [-0.2, 0) is 6.18 Å². The third-order valence-corrected chi connectivity index (χ3v) is 4.43. The number of anilines is 1. The molecule has 0 atom stereocenters. The summed E-state index contributed by atoms with van der Waals surface area (Å²) in [6, 6.07) is 7.46. The SMILES string of the molecule is CC(C)c1ccc(C(=O)Nc2cc(C(F)(F)F)ccc2C(=O)O)c(C(C)C)c1. The first-order valence-corrected chi connectivity index (χ1v) is 8.81. The molecule has 0 fully saturated rings. The van der Waals surface area contributed by atoms with Gasteiger partial charge in [-0.3, -0.25) is 4.79 Å². The quantitative estimate of drug-likeness (QED) is 0.664. The topological polar surface area (TPSA) is 66.4 Å². The Morgan fingerprint density at radius 3 is 2.04 bits per heavy atom. The fourth-order valence-corrected chi connectivity index (χ4v) is 2.82. The fourth-order valence-electron chi connectivity index (χ4n) is 2.82. The van der Waals surface area contributed by atoms with Crippen molar-refractivity contribution in [3.8, 4) is 0 Å². The fraction of sp³-hybridized carbons (Fsp3) is 0.333. The second-order valence-corrected chi connectivity index (χ2v) is 7.17. The van der Waals surface area contributed by atoms with Gasteiger partial charge in [0.05, 0.1) is 16.8 Å². The van der Waals surface area contributed by atoms with Crippen molar-refractivity contribution < 1.29 is 27.9 Å². The highest BCUT2D eigenvalue weighted by Gasteiger charge is 2.32. The number of hydrogen-bond donors (Lipinski definition) is 2. The summed E-state index contributed by atoms with van der Waals surface area (Å²) < 4.78 is 39.0. The number of carboxylic acid groups (broad SMARTS) is 1. The number of rotatable bonds is 5. The molecule has 7 heteroatoms. The molecule has 28 heavy (non-hydrogen) atoms.